The van der Waals surface area contributed by atoms with E-state index in [0.717, 1.165) is 5.56 Å². The minimum absolute atomic E-state index is 0.0381. The van der Waals surface area contributed by atoms with Gasteiger partial charge in [-0.15, -0.1) is 11.8 Å². The Morgan fingerprint density at radius 1 is 1.59 bits per heavy atom. The number of nitro benzene ring substituents is 1. The molecule has 0 unspecified atom stereocenters. The standard InChI is InChI=1S/C10H13N3O3S/c1-12-8-4-7(5-17-6-10(11)14)2-3-9(8)13(15)16/h2-4,12H,5-6H2,1H3,(H2,11,14). The lowest BCUT2D eigenvalue weighted by molar-refractivity contribution is -0.383. The maximum absolute atomic E-state index is 10.7. The average Bonchev–Trinajstić information content (AvgIpc) is 2.28. The number of benzene rings is 1. The number of hydrogen-bond donors (Lipinski definition) is 2. The lowest BCUT2D eigenvalue weighted by Gasteiger charge is -2.05. The van der Waals surface area contributed by atoms with Gasteiger partial charge in [0.15, 0.2) is 0 Å². The van der Waals surface area contributed by atoms with Gasteiger partial charge in [0, 0.05) is 18.9 Å². The van der Waals surface area contributed by atoms with Gasteiger partial charge in [-0.1, -0.05) is 6.07 Å². The quantitative estimate of drug-likeness (QED) is 0.590. The molecule has 92 valence electrons. The smallest absolute Gasteiger partial charge is 0.292 e. The number of carbonyl (C=O) groups excluding carboxylic acids is 1. The topological polar surface area (TPSA) is 98.3 Å². The minimum Gasteiger partial charge on any atom is -0.383 e. The van der Waals surface area contributed by atoms with Gasteiger partial charge < -0.3 is 11.1 Å². The van der Waals surface area contributed by atoms with Gasteiger partial charge in [0.1, 0.15) is 5.69 Å². The van der Waals surface area contributed by atoms with Gasteiger partial charge in [0.2, 0.25) is 5.91 Å². The van der Waals surface area contributed by atoms with Crippen molar-refractivity contribution >= 4 is 29.0 Å². The number of nitro groups is 1. The molecule has 1 amide bonds. The van der Waals surface area contributed by atoms with Gasteiger partial charge in [-0.25, -0.2) is 0 Å². The van der Waals surface area contributed by atoms with Crippen LogP contribution >= 0.6 is 11.8 Å². The Morgan fingerprint density at radius 2 is 2.29 bits per heavy atom. The lowest BCUT2D eigenvalue weighted by atomic mass is 10.2. The van der Waals surface area contributed by atoms with Crippen molar-refractivity contribution in [2.24, 2.45) is 5.73 Å². The van der Waals surface area contributed by atoms with Gasteiger partial charge in [-0.3, -0.25) is 14.9 Å². The van der Waals surface area contributed by atoms with Gasteiger partial charge in [-0.05, 0) is 11.6 Å². The number of nitrogens with one attached hydrogen (secondary N) is 1. The molecule has 0 fully saturated rings. The summed E-state index contributed by atoms with van der Waals surface area (Å²) in [6, 6.07) is 4.82. The van der Waals surface area contributed by atoms with Gasteiger partial charge in [-0.2, -0.15) is 0 Å². The number of nitrogens with zero attached hydrogens (tertiary/aromatic N) is 1. The van der Waals surface area contributed by atoms with E-state index in [-0.39, 0.29) is 17.3 Å². The number of amides is 1. The van der Waals surface area contributed by atoms with Crippen LogP contribution in [0.3, 0.4) is 0 Å². The highest BCUT2D eigenvalue weighted by Gasteiger charge is 2.12. The molecule has 0 radical (unpaired) electrons. The Kier molecular flexibility index (Phi) is 4.77. The maximum atomic E-state index is 10.7. The van der Waals surface area contributed by atoms with Gasteiger partial charge in [0.05, 0.1) is 10.7 Å². The summed E-state index contributed by atoms with van der Waals surface area (Å²) < 4.78 is 0. The molecule has 0 saturated heterocycles. The van der Waals surface area contributed by atoms with Crippen molar-refractivity contribution < 1.29 is 9.72 Å². The van der Waals surface area contributed by atoms with E-state index >= 15 is 0 Å². The van der Waals surface area contributed by atoms with Gasteiger partial charge >= 0.3 is 0 Å². The number of primary amides is 1. The van der Waals surface area contributed by atoms with Crippen LogP contribution in [0.15, 0.2) is 18.2 Å². The predicted octanol–water partition coefficient (Wildman–Crippen LogP) is 1.35. The summed E-state index contributed by atoms with van der Waals surface area (Å²) in [4.78, 5) is 20.8. The molecule has 0 bridgehead atoms. The first-order valence-electron chi connectivity index (χ1n) is 4.85. The zero-order valence-electron chi connectivity index (χ0n) is 9.30. The summed E-state index contributed by atoms with van der Waals surface area (Å²) in [5.74, 6) is 0.465. The van der Waals surface area contributed by atoms with Crippen LogP contribution in [0.4, 0.5) is 11.4 Å². The molecular formula is C10H13N3O3S. The summed E-state index contributed by atoms with van der Waals surface area (Å²) >= 11 is 1.38. The summed E-state index contributed by atoms with van der Waals surface area (Å²) in [5.41, 5.74) is 6.43. The Bertz CT molecular complexity index is 437. The van der Waals surface area contributed by atoms with Crippen LogP contribution in [0.2, 0.25) is 0 Å². The second-order valence-electron chi connectivity index (χ2n) is 3.32. The SMILES string of the molecule is CNc1cc(CSCC(N)=O)ccc1[N+](=O)[O-]. The molecular weight excluding hydrogens is 242 g/mol. The first kappa shape index (κ1) is 13.3. The van der Waals surface area contributed by atoms with Crippen LogP contribution in [0, 0.1) is 10.1 Å². The molecule has 0 heterocycles. The van der Waals surface area contributed by atoms with Crippen LogP contribution in [0.5, 0.6) is 0 Å². The second kappa shape index (κ2) is 6.09. The predicted molar refractivity (Wildman–Crippen MR) is 68.0 cm³/mol. The maximum Gasteiger partial charge on any atom is 0.292 e. The molecule has 1 aromatic carbocycles. The van der Waals surface area contributed by atoms with Crippen molar-refractivity contribution in [3.05, 3.63) is 33.9 Å². The van der Waals surface area contributed by atoms with E-state index in [4.69, 9.17) is 5.73 Å². The first-order valence-corrected chi connectivity index (χ1v) is 6.01. The monoisotopic (exact) mass is 255 g/mol. The van der Waals surface area contributed by atoms with Crippen molar-refractivity contribution in [3.8, 4) is 0 Å². The number of rotatable bonds is 6. The highest BCUT2D eigenvalue weighted by Crippen LogP contribution is 2.26. The fourth-order valence-electron chi connectivity index (χ4n) is 1.30. The Balaban J connectivity index is 2.75. The average molecular weight is 255 g/mol. The largest absolute Gasteiger partial charge is 0.383 e. The highest BCUT2D eigenvalue weighted by atomic mass is 32.2. The van der Waals surface area contributed by atoms with E-state index in [2.05, 4.69) is 5.32 Å². The number of nitrogens with two attached hydrogens (primary N) is 1. The summed E-state index contributed by atoms with van der Waals surface area (Å²) in [5, 5.41) is 13.5. The van der Waals surface area contributed by atoms with Crippen molar-refractivity contribution in [2.75, 3.05) is 18.1 Å². The Morgan fingerprint density at radius 3 is 2.82 bits per heavy atom. The van der Waals surface area contributed by atoms with E-state index in [1.54, 1.807) is 19.2 Å². The Labute approximate surface area is 103 Å². The molecule has 0 spiro atoms. The molecule has 1 rings (SSSR count). The zero-order valence-corrected chi connectivity index (χ0v) is 10.1. The van der Waals surface area contributed by atoms with E-state index in [9.17, 15) is 14.9 Å². The van der Waals surface area contributed by atoms with Crippen molar-refractivity contribution in [1.82, 2.24) is 0 Å². The molecule has 7 heteroatoms. The molecule has 0 saturated carbocycles. The minimum atomic E-state index is -0.438. The third kappa shape index (κ3) is 3.95. The molecule has 0 atom stereocenters. The molecule has 0 aliphatic rings. The summed E-state index contributed by atoms with van der Waals surface area (Å²) in [6.45, 7) is 0. The number of hydrogen-bond acceptors (Lipinski definition) is 5. The van der Waals surface area contributed by atoms with Crippen LogP contribution in [-0.4, -0.2) is 23.6 Å². The van der Waals surface area contributed by atoms with Crippen LogP contribution in [0.1, 0.15) is 5.56 Å². The van der Waals surface area contributed by atoms with Gasteiger partial charge in [0.25, 0.3) is 5.69 Å². The summed E-state index contributed by atoms with van der Waals surface area (Å²) in [7, 11) is 1.63. The van der Waals surface area contributed by atoms with E-state index in [1.807, 2.05) is 0 Å². The summed E-state index contributed by atoms with van der Waals surface area (Å²) in [6.07, 6.45) is 0. The zero-order chi connectivity index (χ0) is 12.8. The van der Waals surface area contributed by atoms with Crippen molar-refractivity contribution in [3.63, 3.8) is 0 Å². The van der Waals surface area contributed by atoms with Crippen molar-refractivity contribution in [2.45, 2.75) is 5.75 Å². The van der Waals surface area contributed by atoms with E-state index in [0.29, 0.717) is 11.4 Å². The molecule has 0 aliphatic heterocycles. The molecule has 6 nitrogen and oxygen atoms in total. The number of anilines is 1. The molecule has 0 aromatic heterocycles. The number of thioether (sulfide) groups is 1. The first-order chi connectivity index (χ1) is 8.04. The van der Waals surface area contributed by atoms with Crippen LogP contribution in [-0.2, 0) is 10.5 Å². The highest BCUT2D eigenvalue weighted by molar-refractivity contribution is 7.99. The molecule has 3 N–H and O–H groups in total. The van der Waals surface area contributed by atoms with Crippen LogP contribution in [0.25, 0.3) is 0 Å². The Hall–Kier alpha value is -1.76. The lowest BCUT2D eigenvalue weighted by Crippen LogP contribution is -2.13. The van der Waals surface area contributed by atoms with E-state index < -0.39 is 4.92 Å². The third-order valence-electron chi connectivity index (χ3n) is 2.04. The third-order valence-corrected chi connectivity index (χ3v) is 3.07. The molecule has 1 aromatic rings. The fraction of sp³-hybridized carbons (Fsp3) is 0.300. The van der Waals surface area contributed by atoms with Crippen molar-refractivity contribution in [1.29, 1.82) is 0 Å². The normalized spacial score (nSPS) is 9.94. The number of carbonyl (C=O) groups is 1. The second-order valence-corrected chi connectivity index (χ2v) is 4.30. The molecule has 0 aliphatic carbocycles. The van der Waals surface area contributed by atoms with Crippen LogP contribution < -0.4 is 11.1 Å². The van der Waals surface area contributed by atoms with E-state index in [1.165, 1.54) is 17.8 Å². The molecule has 17 heavy (non-hydrogen) atoms. The fourth-order valence-corrected chi connectivity index (χ4v) is 2.02.